The maximum absolute atomic E-state index is 10.6. The number of para-hydroxylation sites is 1. The standard InChI is InChI=1S/C16H17NO4/c18-14(10-15(19)20)16(21)11-5-4-8-13(9-11)17-12-6-2-1-3-7-12/h1-9,14,16-18,21H,10H2,(H,19,20). The van der Waals surface area contributed by atoms with Crippen LogP contribution in [0.2, 0.25) is 0 Å². The topological polar surface area (TPSA) is 89.8 Å². The van der Waals surface area contributed by atoms with Crippen molar-refractivity contribution >= 4 is 17.3 Å². The highest BCUT2D eigenvalue weighted by atomic mass is 16.4. The van der Waals surface area contributed by atoms with Gasteiger partial charge in [-0.25, -0.2) is 0 Å². The van der Waals surface area contributed by atoms with Gasteiger partial charge in [0.1, 0.15) is 6.10 Å². The summed E-state index contributed by atoms with van der Waals surface area (Å²) in [6.45, 7) is 0. The molecule has 2 aromatic rings. The molecule has 0 saturated carbocycles. The van der Waals surface area contributed by atoms with E-state index >= 15 is 0 Å². The van der Waals surface area contributed by atoms with Crippen molar-refractivity contribution in [1.29, 1.82) is 0 Å². The van der Waals surface area contributed by atoms with Gasteiger partial charge in [-0.2, -0.15) is 0 Å². The fourth-order valence-corrected chi connectivity index (χ4v) is 2.00. The minimum Gasteiger partial charge on any atom is -0.481 e. The molecule has 0 aliphatic carbocycles. The van der Waals surface area contributed by atoms with E-state index in [1.807, 2.05) is 36.4 Å². The third-order valence-electron chi connectivity index (χ3n) is 3.04. The smallest absolute Gasteiger partial charge is 0.306 e. The Bertz CT molecular complexity index is 600. The van der Waals surface area contributed by atoms with Crippen LogP contribution >= 0.6 is 0 Å². The molecule has 2 aromatic carbocycles. The molecule has 0 spiro atoms. The van der Waals surface area contributed by atoms with Crippen molar-refractivity contribution in [2.45, 2.75) is 18.6 Å². The van der Waals surface area contributed by atoms with Gasteiger partial charge in [-0.1, -0.05) is 30.3 Å². The summed E-state index contributed by atoms with van der Waals surface area (Å²) < 4.78 is 0. The van der Waals surface area contributed by atoms with Crippen LogP contribution in [0.4, 0.5) is 11.4 Å². The number of rotatable bonds is 6. The number of aliphatic carboxylic acids is 1. The largest absolute Gasteiger partial charge is 0.481 e. The third kappa shape index (κ3) is 4.30. The van der Waals surface area contributed by atoms with Crippen LogP contribution in [0.1, 0.15) is 18.1 Å². The summed E-state index contributed by atoms with van der Waals surface area (Å²) >= 11 is 0. The molecular weight excluding hydrogens is 270 g/mol. The van der Waals surface area contributed by atoms with Crippen molar-refractivity contribution in [2.75, 3.05) is 5.32 Å². The van der Waals surface area contributed by atoms with E-state index in [1.54, 1.807) is 18.2 Å². The summed E-state index contributed by atoms with van der Waals surface area (Å²) in [5.41, 5.74) is 2.11. The second-order valence-corrected chi connectivity index (χ2v) is 4.73. The summed E-state index contributed by atoms with van der Waals surface area (Å²) in [4.78, 5) is 10.6. The molecule has 110 valence electrons. The first-order chi connectivity index (χ1) is 10.1. The van der Waals surface area contributed by atoms with Crippen LogP contribution < -0.4 is 5.32 Å². The van der Waals surface area contributed by atoms with Gasteiger partial charge in [0.2, 0.25) is 0 Å². The minimum absolute atomic E-state index is 0.463. The fraction of sp³-hybridized carbons (Fsp3) is 0.188. The normalized spacial score (nSPS) is 13.4. The molecule has 21 heavy (non-hydrogen) atoms. The van der Waals surface area contributed by atoms with Crippen LogP contribution in [0.3, 0.4) is 0 Å². The molecular formula is C16H17NO4. The lowest BCUT2D eigenvalue weighted by atomic mass is 10.0. The van der Waals surface area contributed by atoms with E-state index in [0.29, 0.717) is 5.56 Å². The minimum atomic E-state index is -1.34. The van der Waals surface area contributed by atoms with E-state index in [0.717, 1.165) is 11.4 Å². The molecule has 0 aliphatic heterocycles. The monoisotopic (exact) mass is 287 g/mol. The molecule has 0 radical (unpaired) electrons. The van der Waals surface area contributed by atoms with Gasteiger partial charge in [0.05, 0.1) is 12.5 Å². The second kappa shape index (κ2) is 6.88. The first-order valence-corrected chi connectivity index (χ1v) is 6.56. The number of aliphatic hydroxyl groups is 2. The molecule has 5 heteroatoms. The van der Waals surface area contributed by atoms with Crippen LogP contribution in [0.15, 0.2) is 54.6 Å². The Morgan fingerprint density at radius 2 is 1.67 bits per heavy atom. The van der Waals surface area contributed by atoms with Crippen LogP contribution in [-0.2, 0) is 4.79 Å². The van der Waals surface area contributed by atoms with E-state index in [4.69, 9.17) is 5.11 Å². The maximum Gasteiger partial charge on any atom is 0.306 e. The lowest BCUT2D eigenvalue weighted by Gasteiger charge is -2.17. The van der Waals surface area contributed by atoms with Crippen LogP contribution in [-0.4, -0.2) is 27.4 Å². The van der Waals surface area contributed by atoms with Crippen molar-refractivity contribution in [1.82, 2.24) is 0 Å². The Morgan fingerprint density at radius 3 is 2.33 bits per heavy atom. The number of hydrogen-bond acceptors (Lipinski definition) is 4. The average Bonchev–Trinajstić information content (AvgIpc) is 2.47. The summed E-state index contributed by atoms with van der Waals surface area (Å²) in [6.07, 6.45) is -3.08. The highest BCUT2D eigenvalue weighted by Crippen LogP contribution is 2.24. The quantitative estimate of drug-likeness (QED) is 0.654. The van der Waals surface area contributed by atoms with Crippen molar-refractivity contribution in [3.8, 4) is 0 Å². The highest BCUT2D eigenvalue weighted by Gasteiger charge is 2.21. The van der Waals surface area contributed by atoms with Gasteiger partial charge in [-0.3, -0.25) is 4.79 Å². The van der Waals surface area contributed by atoms with Gasteiger partial charge in [-0.05, 0) is 29.8 Å². The number of aliphatic hydroxyl groups excluding tert-OH is 2. The zero-order valence-corrected chi connectivity index (χ0v) is 11.3. The Hall–Kier alpha value is -2.37. The molecule has 2 atom stereocenters. The summed E-state index contributed by atoms with van der Waals surface area (Å²) in [5, 5.41) is 31.5. The van der Waals surface area contributed by atoms with Crippen LogP contribution in [0.25, 0.3) is 0 Å². The molecule has 2 unspecified atom stereocenters. The predicted octanol–water partition coefficient (Wildman–Crippen LogP) is 2.30. The zero-order chi connectivity index (χ0) is 15.2. The number of hydrogen-bond donors (Lipinski definition) is 4. The number of carbonyl (C=O) groups is 1. The average molecular weight is 287 g/mol. The van der Waals surface area contributed by atoms with Gasteiger partial charge >= 0.3 is 5.97 Å². The van der Waals surface area contributed by atoms with Crippen molar-refractivity contribution in [3.63, 3.8) is 0 Å². The zero-order valence-electron chi connectivity index (χ0n) is 11.3. The third-order valence-corrected chi connectivity index (χ3v) is 3.04. The molecule has 0 aromatic heterocycles. The molecule has 0 saturated heterocycles. The Labute approximate surface area is 122 Å². The summed E-state index contributed by atoms with van der Waals surface area (Å²) in [7, 11) is 0. The first kappa shape index (κ1) is 15.0. The van der Waals surface area contributed by atoms with Crippen molar-refractivity contribution < 1.29 is 20.1 Å². The van der Waals surface area contributed by atoms with Gasteiger partial charge < -0.3 is 20.6 Å². The van der Waals surface area contributed by atoms with Crippen molar-refractivity contribution in [2.24, 2.45) is 0 Å². The number of carboxylic acids is 1. The molecule has 0 amide bonds. The molecule has 5 nitrogen and oxygen atoms in total. The lowest BCUT2D eigenvalue weighted by Crippen LogP contribution is -2.21. The van der Waals surface area contributed by atoms with E-state index in [2.05, 4.69) is 5.32 Å². The van der Waals surface area contributed by atoms with Gasteiger partial charge in [0, 0.05) is 11.4 Å². The Balaban J connectivity index is 2.12. The van der Waals surface area contributed by atoms with E-state index < -0.39 is 24.6 Å². The number of anilines is 2. The van der Waals surface area contributed by atoms with Gasteiger partial charge in [0.15, 0.2) is 0 Å². The SMILES string of the molecule is O=C(O)CC(O)C(O)c1cccc(Nc2ccccc2)c1. The van der Waals surface area contributed by atoms with Gasteiger partial charge in [0.25, 0.3) is 0 Å². The molecule has 0 aliphatic rings. The summed E-state index contributed by atoms with van der Waals surface area (Å²) in [6, 6.07) is 16.4. The van der Waals surface area contributed by atoms with E-state index in [-0.39, 0.29) is 0 Å². The lowest BCUT2D eigenvalue weighted by molar-refractivity contribution is -0.141. The second-order valence-electron chi connectivity index (χ2n) is 4.73. The van der Waals surface area contributed by atoms with E-state index in [9.17, 15) is 15.0 Å². The number of carboxylic acid groups (broad SMARTS) is 1. The Morgan fingerprint density at radius 1 is 1.00 bits per heavy atom. The highest BCUT2D eigenvalue weighted by molar-refractivity contribution is 5.67. The molecule has 0 bridgehead atoms. The maximum atomic E-state index is 10.6. The first-order valence-electron chi connectivity index (χ1n) is 6.56. The molecule has 4 N–H and O–H groups in total. The fourth-order valence-electron chi connectivity index (χ4n) is 2.00. The molecule has 2 rings (SSSR count). The number of benzene rings is 2. The summed E-state index contributed by atoms with van der Waals surface area (Å²) in [5.74, 6) is -1.15. The Kier molecular flexibility index (Phi) is 4.92. The van der Waals surface area contributed by atoms with E-state index in [1.165, 1.54) is 0 Å². The molecule has 0 heterocycles. The van der Waals surface area contributed by atoms with Crippen LogP contribution in [0, 0.1) is 0 Å². The van der Waals surface area contributed by atoms with Crippen LogP contribution in [0.5, 0.6) is 0 Å². The predicted molar refractivity (Wildman–Crippen MR) is 79.4 cm³/mol. The number of nitrogens with one attached hydrogen (secondary N) is 1. The van der Waals surface area contributed by atoms with Crippen molar-refractivity contribution in [3.05, 3.63) is 60.2 Å². The van der Waals surface area contributed by atoms with Gasteiger partial charge in [-0.15, -0.1) is 0 Å². The molecule has 0 fully saturated rings.